The monoisotopic (exact) mass is 424 g/mol. The second kappa shape index (κ2) is 8.52. The Balaban J connectivity index is 1.60. The van der Waals surface area contributed by atoms with Gasteiger partial charge >= 0.3 is 11.9 Å². The summed E-state index contributed by atoms with van der Waals surface area (Å²) >= 11 is 0. The molecule has 3 rings (SSSR count). The van der Waals surface area contributed by atoms with Gasteiger partial charge in [0.05, 0.1) is 12.6 Å². The van der Waals surface area contributed by atoms with E-state index in [1.807, 2.05) is 0 Å². The van der Waals surface area contributed by atoms with E-state index in [-0.39, 0.29) is 23.8 Å². The first kappa shape index (κ1) is 21.3. The van der Waals surface area contributed by atoms with Crippen LogP contribution in [0.3, 0.4) is 0 Å². The third-order valence-electron chi connectivity index (χ3n) is 4.34. The Kier molecular flexibility index (Phi) is 6.04. The Bertz CT molecular complexity index is 1120. The van der Waals surface area contributed by atoms with Gasteiger partial charge in [0.25, 0.3) is 0 Å². The zero-order valence-corrected chi connectivity index (χ0v) is 16.2. The first-order valence-electron chi connectivity index (χ1n) is 8.92. The lowest BCUT2D eigenvalue weighted by atomic mass is 10.1. The average molecular weight is 424 g/mol. The van der Waals surface area contributed by atoms with Gasteiger partial charge in [-0.1, -0.05) is 6.07 Å². The number of halogens is 3. The Morgan fingerprint density at radius 1 is 1.17 bits per heavy atom. The van der Waals surface area contributed by atoms with Crippen LogP contribution in [0.2, 0.25) is 0 Å². The fraction of sp³-hybridized carbons (Fsp3) is 0.300. The van der Waals surface area contributed by atoms with Crippen LogP contribution in [0.15, 0.2) is 45.6 Å². The number of alkyl halides is 3. The molecule has 0 radical (unpaired) electrons. The first-order chi connectivity index (χ1) is 14.2. The zero-order valence-electron chi connectivity index (χ0n) is 16.2. The molecule has 0 aliphatic heterocycles. The van der Waals surface area contributed by atoms with Crippen LogP contribution in [0.5, 0.6) is 11.5 Å². The molecule has 160 valence electrons. The van der Waals surface area contributed by atoms with Gasteiger partial charge in [0.1, 0.15) is 0 Å². The van der Waals surface area contributed by atoms with E-state index >= 15 is 0 Å². The third kappa shape index (κ3) is 5.13. The highest BCUT2D eigenvalue weighted by molar-refractivity contribution is 5.92. The van der Waals surface area contributed by atoms with E-state index in [0.717, 1.165) is 0 Å². The molecule has 0 aliphatic rings. The highest BCUT2D eigenvalue weighted by Gasteiger charge is 2.29. The van der Waals surface area contributed by atoms with Crippen molar-refractivity contribution in [3.8, 4) is 11.5 Å². The van der Waals surface area contributed by atoms with Crippen molar-refractivity contribution < 1.29 is 31.9 Å². The van der Waals surface area contributed by atoms with Gasteiger partial charge in [0.15, 0.2) is 23.7 Å². The fourth-order valence-electron chi connectivity index (χ4n) is 2.84. The average Bonchev–Trinajstić information content (AvgIpc) is 2.97. The summed E-state index contributed by atoms with van der Waals surface area (Å²) in [5.74, 6) is -0.642. The van der Waals surface area contributed by atoms with Crippen LogP contribution in [-0.2, 0) is 18.3 Å². The van der Waals surface area contributed by atoms with Gasteiger partial charge in [-0.3, -0.25) is 9.36 Å². The van der Waals surface area contributed by atoms with Gasteiger partial charge in [-0.25, -0.2) is 4.79 Å². The van der Waals surface area contributed by atoms with Crippen molar-refractivity contribution in [2.75, 3.05) is 19.0 Å². The van der Waals surface area contributed by atoms with Gasteiger partial charge in [-0.15, -0.1) is 0 Å². The van der Waals surface area contributed by atoms with Crippen LogP contribution < -0.4 is 20.5 Å². The minimum absolute atomic E-state index is 0.0271. The summed E-state index contributed by atoms with van der Waals surface area (Å²) in [4.78, 5) is 23.8. The highest BCUT2D eigenvalue weighted by Crippen LogP contribution is 2.30. The number of nitrogens with one attached hydrogen (secondary N) is 1. The summed E-state index contributed by atoms with van der Waals surface area (Å²) in [6.07, 6.45) is -3.99. The van der Waals surface area contributed by atoms with Crippen molar-refractivity contribution in [3.05, 3.63) is 52.5 Å². The maximum absolute atomic E-state index is 12.3. The smallest absolute Gasteiger partial charge is 0.422 e. The molecule has 1 amide bonds. The number of nitrogens with zero attached hydrogens (tertiary/aromatic N) is 1. The van der Waals surface area contributed by atoms with Gasteiger partial charge in [0, 0.05) is 25.2 Å². The van der Waals surface area contributed by atoms with Crippen molar-refractivity contribution in [1.82, 2.24) is 4.57 Å². The van der Waals surface area contributed by atoms with Crippen molar-refractivity contribution in [1.29, 1.82) is 0 Å². The molecule has 0 aliphatic carbocycles. The molecule has 0 saturated carbocycles. The topological polar surface area (TPSA) is 82.7 Å². The summed E-state index contributed by atoms with van der Waals surface area (Å²) in [7, 11) is 2.91. The van der Waals surface area contributed by atoms with Crippen LogP contribution >= 0.6 is 0 Å². The number of hydrogen-bond acceptors (Lipinski definition) is 5. The molecule has 1 heterocycles. The number of ether oxygens (including phenoxy) is 2. The number of fused-ring (bicyclic) bond motifs is 1. The molecular weight excluding hydrogens is 405 g/mol. The fourth-order valence-corrected chi connectivity index (χ4v) is 2.84. The number of oxazole rings is 1. The normalized spacial score (nSPS) is 11.5. The van der Waals surface area contributed by atoms with Gasteiger partial charge in [-0.2, -0.15) is 13.2 Å². The molecule has 0 saturated heterocycles. The molecular formula is C20H19F3N2O5. The molecule has 2 aromatic carbocycles. The quantitative estimate of drug-likeness (QED) is 0.626. The number of hydrogen-bond donors (Lipinski definition) is 1. The Hall–Kier alpha value is -3.43. The molecule has 10 heteroatoms. The van der Waals surface area contributed by atoms with Crippen LogP contribution in [0.25, 0.3) is 11.1 Å². The number of anilines is 1. The van der Waals surface area contributed by atoms with E-state index in [2.05, 4.69) is 5.32 Å². The molecule has 3 aromatic rings. The second-order valence-corrected chi connectivity index (χ2v) is 6.55. The van der Waals surface area contributed by atoms with Crippen molar-refractivity contribution in [2.45, 2.75) is 19.0 Å². The lowest BCUT2D eigenvalue weighted by Gasteiger charge is -2.13. The Morgan fingerprint density at radius 3 is 2.63 bits per heavy atom. The predicted molar refractivity (Wildman–Crippen MR) is 103 cm³/mol. The van der Waals surface area contributed by atoms with Gasteiger partial charge < -0.3 is 19.2 Å². The molecule has 0 bridgehead atoms. The number of rotatable bonds is 7. The number of amides is 1. The highest BCUT2D eigenvalue weighted by atomic mass is 19.4. The Morgan fingerprint density at radius 2 is 1.93 bits per heavy atom. The summed E-state index contributed by atoms with van der Waals surface area (Å²) in [5, 5.41) is 2.72. The number of methoxy groups -OCH3 is 1. The summed E-state index contributed by atoms with van der Waals surface area (Å²) < 4.78 is 53.2. The molecule has 7 nitrogen and oxygen atoms in total. The number of benzene rings is 2. The maximum Gasteiger partial charge on any atom is 0.422 e. The number of aryl methyl sites for hydroxylation is 2. The molecule has 0 fully saturated rings. The minimum Gasteiger partial charge on any atom is -0.493 e. The van der Waals surface area contributed by atoms with Crippen LogP contribution in [-0.4, -0.2) is 30.4 Å². The number of aromatic nitrogens is 1. The van der Waals surface area contributed by atoms with Crippen LogP contribution in [0.4, 0.5) is 18.9 Å². The largest absolute Gasteiger partial charge is 0.493 e. The van der Waals surface area contributed by atoms with Crippen molar-refractivity contribution in [3.63, 3.8) is 0 Å². The second-order valence-electron chi connectivity index (χ2n) is 6.55. The standard InChI is InChI=1S/C20H19F3N2O5/c1-25-14-6-5-13(10-16(14)30-19(25)27)24-18(26)8-4-12-3-7-15(17(9-12)28-2)29-11-20(21,22)23/h3,5-7,9-10H,4,8,11H2,1-2H3,(H,24,26). The van der Waals surface area contributed by atoms with Crippen molar-refractivity contribution in [2.24, 2.45) is 7.05 Å². The predicted octanol–water partition coefficient (Wildman–Crippen LogP) is 3.65. The molecule has 1 N–H and O–H groups in total. The molecule has 30 heavy (non-hydrogen) atoms. The lowest BCUT2D eigenvalue weighted by molar-refractivity contribution is -0.153. The van der Waals surface area contributed by atoms with Crippen LogP contribution in [0, 0.1) is 0 Å². The third-order valence-corrected chi connectivity index (χ3v) is 4.34. The van der Waals surface area contributed by atoms with E-state index < -0.39 is 18.5 Å². The summed E-state index contributed by atoms with van der Waals surface area (Å²) in [5.41, 5.74) is 2.15. The van der Waals surface area contributed by atoms with Gasteiger partial charge in [0.2, 0.25) is 5.91 Å². The van der Waals surface area contributed by atoms with E-state index in [4.69, 9.17) is 13.9 Å². The van der Waals surface area contributed by atoms with Gasteiger partial charge in [-0.05, 0) is 36.2 Å². The molecule has 0 spiro atoms. The Labute approximate surface area is 169 Å². The maximum atomic E-state index is 12.3. The van der Waals surface area contributed by atoms with Crippen molar-refractivity contribution >= 4 is 22.7 Å². The molecule has 0 unspecified atom stereocenters. The molecule has 0 atom stereocenters. The molecule has 1 aromatic heterocycles. The number of carbonyl (C=O) groups is 1. The lowest BCUT2D eigenvalue weighted by Crippen LogP contribution is -2.19. The van der Waals surface area contributed by atoms with Crippen LogP contribution in [0.1, 0.15) is 12.0 Å². The van der Waals surface area contributed by atoms with E-state index in [9.17, 15) is 22.8 Å². The minimum atomic E-state index is -4.45. The summed E-state index contributed by atoms with van der Waals surface area (Å²) in [6.45, 7) is -1.42. The SMILES string of the molecule is COc1cc(CCC(=O)Nc2ccc3c(c2)oc(=O)n3C)ccc1OCC(F)(F)F. The summed E-state index contributed by atoms with van der Waals surface area (Å²) in [6, 6.07) is 9.37. The van der Waals surface area contributed by atoms with E-state index in [0.29, 0.717) is 28.8 Å². The zero-order chi connectivity index (χ0) is 21.9. The van der Waals surface area contributed by atoms with E-state index in [1.54, 1.807) is 31.3 Å². The first-order valence-corrected chi connectivity index (χ1v) is 8.92. The van der Waals surface area contributed by atoms with E-state index in [1.165, 1.54) is 23.8 Å². The number of carbonyl (C=O) groups excluding carboxylic acids is 1.